The average molecular weight is 596 g/mol. The predicted octanol–water partition coefficient (Wildman–Crippen LogP) is 3.78. The van der Waals surface area contributed by atoms with Crippen LogP contribution in [0.4, 0.5) is 0 Å². The molecule has 2 fully saturated rings. The quantitative estimate of drug-likeness (QED) is 0.281. The van der Waals surface area contributed by atoms with Gasteiger partial charge in [-0.3, -0.25) is 19.2 Å². The van der Waals surface area contributed by atoms with Crippen molar-refractivity contribution in [2.45, 2.75) is 89.8 Å². The van der Waals surface area contributed by atoms with Crippen molar-refractivity contribution in [3.8, 4) is 5.75 Å². The van der Waals surface area contributed by atoms with E-state index in [1.165, 1.54) is 0 Å². The molecule has 3 aliphatic carbocycles. The lowest BCUT2D eigenvalue weighted by Gasteiger charge is -2.51. The van der Waals surface area contributed by atoms with Crippen LogP contribution in [0.3, 0.4) is 0 Å². The number of fused-ring (bicyclic) bond motifs is 3. The molecule has 1 saturated carbocycles. The molecule has 0 spiro atoms. The van der Waals surface area contributed by atoms with E-state index < -0.39 is 81.7 Å². The lowest BCUT2D eigenvalue weighted by Crippen LogP contribution is -2.64. The van der Waals surface area contributed by atoms with E-state index in [-0.39, 0.29) is 29.7 Å². The molecule has 0 aromatic heterocycles. The van der Waals surface area contributed by atoms with Crippen molar-refractivity contribution in [3.05, 3.63) is 45.7 Å². The smallest absolute Gasteiger partial charge is 0.305 e. The number of Topliss-reactive ketones (excluding diaryl/α,β-unsaturated/α-hetero) is 3. The zero-order valence-electron chi connectivity index (χ0n) is 25.4. The number of benzene rings is 1. The molecule has 5 rings (SSSR count). The molecule has 1 saturated heterocycles. The van der Waals surface area contributed by atoms with Gasteiger partial charge in [0.15, 0.2) is 17.2 Å². The number of ether oxygens (including phenoxy) is 1. The number of rotatable bonds is 6. The molecule has 232 valence electrons. The maximum Gasteiger partial charge on any atom is 0.305 e. The number of esters is 1. The minimum atomic E-state index is -2.81. The molecule has 5 atom stereocenters. The Labute approximate surface area is 251 Å². The Balaban J connectivity index is 1.68. The zero-order chi connectivity index (χ0) is 31.6. The van der Waals surface area contributed by atoms with Crippen LogP contribution in [-0.4, -0.2) is 80.0 Å². The third-order valence-electron chi connectivity index (χ3n) is 9.72. The molecule has 1 aliphatic heterocycles. The number of allylic oxidation sites excluding steroid dienone is 1. The highest BCUT2D eigenvalue weighted by Crippen LogP contribution is 2.57. The van der Waals surface area contributed by atoms with E-state index in [4.69, 9.17) is 4.74 Å². The molecule has 1 heterocycles. The van der Waals surface area contributed by atoms with Gasteiger partial charge in [-0.1, -0.05) is 46.8 Å². The maximum absolute atomic E-state index is 14.3. The minimum Gasteiger partial charge on any atom is -0.508 e. The SMILES string of the molecule is CCC(=O)O[C@H]1[C@H]2C(=C(O)c3c(ccc(C(C)(C)C)c3O)[C@@H]2C)C(=O)[C@]2(O)C(O)=C(C(=O)CCN3CCCC3)C(=O)C[C@H]12. The van der Waals surface area contributed by atoms with Crippen LogP contribution in [0.5, 0.6) is 5.75 Å². The zero-order valence-corrected chi connectivity index (χ0v) is 25.4. The molecule has 1 aromatic rings. The molecular weight excluding hydrogens is 554 g/mol. The maximum atomic E-state index is 14.3. The van der Waals surface area contributed by atoms with Crippen LogP contribution in [0.2, 0.25) is 0 Å². The molecule has 4 aliphatic rings. The van der Waals surface area contributed by atoms with Crippen molar-refractivity contribution in [2.24, 2.45) is 11.8 Å². The number of carbonyl (C=O) groups excluding carboxylic acids is 4. The number of ketones is 3. The summed E-state index contributed by atoms with van der Waals surface area (Å²) in [7, 11) is 0. The fourth-order valence-electron chi connectivity index (χ4n) is 7.39. The van der Waals surface area contributed by atoms with Gasteiger partial charge in [-0.25, -0.2) is 0 Å². The molecule has 0 amide bonds. The number of nitrogens with zero attached hydrogens (tertiary/aromatic N) is 1. The number of hydrogen-bond acceptors (Lipinski definition) is 10. The van der Waals surface area contributed by atoms with Crippen LogP contribution in [0.25, 0.3) is 5.76 Å². The first-order valence-electron chi connectivity index (χ1n) is 15.1. The first-order chi connectivity index (χ1) is 20.1. The van der Waals surface area contributed by atoms with Crippen molar-refractivity contribution in [2.75, 3.05) is 19.6 Å². The third kappa shape index (κ3) is 4.79. The van der Waals surface area contributed by atoms with E-state index in [0.29, 0.717) is 17.7 Å². The van der Waals surface area contributed by atoms with Gasteiger partial charge in [-0.15, -0.1) is 0 Å². The van der Waals surface area contributed by atoms with Crippen molar-refractivity contribution in [1.29, 1.82) is 0 Å². The largest absolute Gasteiger partial charge is 0.508 e. The van der Waals surface area contributed by atoms with E-state index in [0.717, 1.165) is 25.9 Å². The molecule has 0 radical (unpaired) electrons. The summed E-state index contributed by atoms with van der Waals surface area (Å²) < 4.78 is 5.81. The molecular formula is C33H41NO9. The van der Waals surface area contributed by atoms with Gasteiger partial charge in [0.2, 0.25) is 5.78 Å². The first kappa shape index (κ1) is 30.9. The molecule has 10 heteroatoms. The lowest BCUT2D eigenvalue weighted by molar-refractivity contribution is -0.178. The number of phenolic OH excluding ortho intramolecular Hbond substituents is 1. The lowest BCUT2D eigenvalue weighted by atomic mass is 9.55. The Morgan fingerprint density at radius 3 is 2.35 bits per heavy atom. The van der Waals surface area contributed by atoms with Crippen LogP contribution in [-0.2, 0) is 29.3 Å². The van der Waals surface area contributed by atoms with E-state index >= 15 is 0 Å². The summed E-state index contributed by atoms with van der Waals surface area (Å²) in [5.74, 6) is -8.06. The number of hydrogen-bond donors (Lipinski definition) is 4. The second-order valence-electron chi connectivity index (χ2n) is 13.3. The summed E-state index contributed by atoms with van der Waals surface area (Å²) in [4.78, 5) is 55.8. The average Bonchev–Trinajstić information content (AvgIpc) is 3.46. The fourth-order valence-corrected chi connectivity index (χ4v) is 7.39. The van der Waals surface area contributed by atoms with Gasteiger partial charge in [0.05, 0.1) is 5.56 Å². The van der Waals surface area contributed by atoms with E-state index in [2.05, 4.69) is 4.90 Å². The molecule has 0 unspecified atom stereocenters. The van der Waals surface area contributed by atoms with Gasteiger partial charge in [0.1, 0.15) is 28.9 Å². The molecule has 43 heavy (non-hydrogen) atoms. The molecule has 4 N–H and O–H groups in total. The normalized spacial score (nSPS) is 29.3. The summed E-state index contributed by atoms with van der Waals surface area (Å²) in [6, 6.07) is 3.49. The van der Waals surface area contributed by atoms with E-state index in [1.54, 1.807) is 26.0 Å². The van der Waals surface area contributed by atoms with E-state index in [9.17, 15) is 39.6 Å². The number of phenols is 1. The Morgan fingerprint density at radius 1 is 1.09 bits per heavy atom. The first-order valence-corrected chi connectivity index (χ1v) is 15.1. The Kier molecular flexibility index (Phi) is 7.84. The van der Waals surface area contributed by atoms with Crippen molar-refractivity contribution < 1.29 is 44.3 Å². The standard InChI is InChI=1S/C33H41NO9/c1-6-22(37)43-29-19-15-21(36)25(20(35)11-14-34-12-7-8-13-34)30(40)33(19,42)31(41)26-23(29)16(2)17-9-10-18(32(3,4)5)27(38)24(17)28(26)39/h9-10,16,19,23,29,38-40,42H,6-8,11-15H2,1-5H3/t16-,19+,23+,29+,33+/m0/s1. The van der Waals surface area contributed by atoms with Crippen LogP contribution < -0.4 is 0 Å². The Hall–Kier alpha value is -3.50. The topological polar surface area (TPSA) is 162 Å². The molecule has 10 nitrogen and oxygen atoms in total. The monoisotopic (exact) mass is 595 g/mol. The van der Waals surface area contributed by atoms with Crippen LogP contribution in [0, 0.1) is 11.8 Å². The van der Waals surface area contributed by atoms with Gasteiger partial charge in [-0.2, -0.15) is 0 Å². The van der Waals surface area contributed by atoms with Gasteiger partial charge in [-0.05, 0) is 42.8 Å². The summed E-state index contributed by atoms with van der Waals surface area (Å²) in [6.07, 6.45) is 0.0681. The number of carbonyl (C=O) groups is 4. The molecule has 0 bridgehead atoms. The van der Waals surface area contributed by atoms with Crippen molar-refractivity contribution in [3.63, 3.8) is 0 Å². The summed E-state index contributed by atoms with van der Waals surface area (Å²) >= 11 is 0. The second-order valence-corrected chi connectivity index (χ2v) is 13.3. The minimum absolute atomic E-state index is 0.0272. The third-order valence-corrected chi connectivity index (χ3v) is 9.72. The van der Waals surface area contributed by atoms with Crippen LogP contribution >= 0.6 is 0 Å². The number of likely N-dealkylation sites (tertiary alicyclic amines) is 1. The van der Waals surface area contributed by atoms with Gasteiger partial charge >= 0.3 is 5.97 Å². The summed E-state index contributed by atoms with van der Waals surface area (Å²) in [5, 5.41) is 46.5. The Bertz CT molecular complexity index is 1460. The Morgan fingerprint density at radius 2 is 1.74 bits per heavy atom. The fraction of sp³-hybridized carbons (Fsp3) is 0.576. The number of aliphatic hydroxyl groups excluding tert-OH is 2. The van der Waals surface area contributed by atoms with Crippen LogP contribution in [0.1, 0.15) is 89.3 Å². The van der Waals surface area contributed by atoms with Crippen molar-refractivity contribution >= 4 is 29.1 Å². The van der Waals surface area contributed by atoms with Gasteiger partial charge in [0, 0.05) is 48.8 Å². The highest BCUT2D eigenvalue weighted by molar-refractivity contribution is 6.24. The highest BCUT2D eigenvalue weighted by atomic mass is 16.5. The predicted molar refractivity (Wildman–Crippen MR) is 156 cm³/mol. The number of aromatic hydroxyl groups is 1. The number of aliphatic hydroxyl groups is 3. The molecule has 1 aromatic carbocycles. The van der Waals surface area contributed by atoms with Crippen molar-refractivity contribution in [1.82, 2.24) is 4.90 Å². The van der Waals surface area contributed by atoms with Gasteiger partial charge < -0.3 is 30.1 Å². The second kappa shape index (κ2) is 10.9. The van der Waals surface area contributed by atoms with Gasteiger partial charge in [0.25, 0.3) is 0 Å². The van der Waals surface area contributed by atoms with Crippen LogP contribution in [0.15, 0.2) is 29.0 Å². The van der Waals surface area contributed by atoms with E-state index in [1.807, 2.05) is 20.8 Å². The summed E-state index contributed by atoms with van der Waals surface area (Å²) in [5.41, 5.74) is -3.22. The summed E-state index contributed by atoms with van der Waals surface area (Å²) in [6.45, 7) is 11.0. The highest BCUT2D eigenvalue weighted by Gasteiger charge is 2.66.